The Hall–Kier alpha value is -1.43. The molecule has 1 aromatic rings. The van der Waals surface area contributed by atoms with Crippen molar-refractivity contribution in [3.8, 4) is 0 Å². The zero-order valence-electron chi connectivity index (χ0n) is 11.4. The van der Waals surface area contributed by atoms with E-state index in [1.807, 2.05) is 0 Å². The first-order valence-electron chi connectivity index (χ1n) is 7.22. The first kappa shape index (κ1) is 12.6. The fraction of sp³-hybridized carbons (Fsp3) is 0.769. The molecule has 2 aliphatic rings. The quantitative estimate of drug-likeness (QED) is 0.821. The zero-order valence-corrected chi connectivity index (χ0v) is 11.4. The Balaban J connectivity index is 1.52. The van der Waals surface area contributed by atoms with Crippen molar-refractivity contribution in [1.29, 1.82) is 0 Å². The molecule has 1 unspecified atom stereocenters. The summed E-state index contributed by atoms with van der Waals surface area (Å²) in [7, 11) is 0. The number of nitrogens with zero attached hydrogens (tertiary/aromatic N) is 3. The maximum Gasteiger partial charge on any atom is 0.291 e. The largest absolute Gasteiger partial charge is 0.345 e. The van der Waals surface area contributed by atoms with Gasteiger partial charge in [0.25, 0.3) is 5.91 Å². The Labute approximate surface area is 113 Å². The van der Waals surface area contributed by atoms with Crippen LogP contribution in [0.2, 0.25) is 0 Å². The number of aryl methyl sites for hydroxylation is 1. The van der Waals surface area contributed by atoms with Crippen LogP contribution in [0.4, 0.5) is 0 Å². The van der Waals surface area contributed by atoms with Crippen LogP contribution in [-0.4, -0.2) is 51.2 Å². The molecule has 3 rings (SSSR count). The number of hydrogen-bond donors (Lipinski definition) is 2. The third-order valence-corrected chi connectivity index (χ3v) is 3.84. The van der Waals surface area contributed by atoms with Crippen LogP contribution in [0.15, 0.2) is 0 Å². The minimum Gasteiger partial charge on any atom is -0.345 e. The van der Waals surface area contributed by atoms with E-state index in [0.717, 1.165) is 44.2 Å². The molecule has 2 heterocycles. The molecule has 104 valence electrons. The molecule has 0 radical (unpaired) electrons. The first-order valence-corrected chi connectivity index (χ1v) is 7.22. The fourth-order valence-corrected chi connectivity index (χ4v) is 2.67. The van der Waals surface area contributed by atoms with Gasteiger partial charge in [0.05, 0.1) is 0 Å². The van der Waals surface area contributed by atoms with Crippen LogP contribution < -0.4 is 5.32 Å². The highest BCUT2D eigenvalue weighted by atomic mass is 16.2. The summed E-state index contributed by atoms with van der Waals surface area (Å²) in [5, 5.41) is 9.84. The molecule has 19 heavy (non-hydrogen) atoms. The lowest BCUT2D eigenvalue weighted by Crippen LogP contribution is -2.38. The van der Waals surface area contributed by atoms with Gasteiger partial charge in [-0.05, 0) is 25.7 Å². The highest BCUT2D eigenvalue weighted by Crippen LogP contribution is 2.29. The number of carbonyl (C=O) groups is 1. The van der Waals surface area contributed by atoms with Crippen molar-refractivity contribution >= 4 is 5.91 Å². The van der Waals surface area contributed by atoms with Crippen LogP contribution in [0.5, 0.6) is 0 Å². The van der Waals surface area contributed by atoms with Crippen molar-refractivity contribution in [2.45, 2.75) is 51.1 Å². The molecule has 1 aromatic heterocycles. The molecular formula is C13H21N5O. The summed E-state index contributed by atoms with van der Waals surface area (Å²) in [6, 6.07) is 1.03. The monoisotopic (exact) mass is 263 g/mol. The molecule has 1 saturated heterocycles. The standard InChI is InChI=1S/C13H21N5O/c1-2-3-11-15-12(17-16-11)13(19)14-9-6-7-18(8-9)10-4-5-10/h9-10H,2-8H2,1H3,(H,14,19)(H,15,16,17). The molecule has 0 bridgehead atoms. The number of H-pyrrole nitrogens is 1. The second kappa shape index (κ2) is 5.28. The highest BCUT2D eigenvalue weighted by molar-refractivity contribution is 5.90. The molecule has 1 aliphatic heterocycles. The maximum atomic E-state index is 12.0. The van der Waals surface area contributed by atoms with E-state index in [2.05, 4.69) is 32.3 Å². The van der Waals surface area contributed by atoms with Crippen molar-refractivity contribution in [2.24, 2.45) is 0 Å². The predicted octanol–water partition coefficient (Wildman–Crippen LogP) is 0.724. The molecule has 6 nitrogen and oxygen atoms in total. The Kier molecular flexibility index (Phi) is 3.50. The number of amides is 1. The number of hydrogen-bond acceptors (Lipinski definition) is 4. The second-order valence-corrected chi connectivity index (χ2v) is 5.54. The SMILES string of the molecule is CCCc1nc(C(=O)NC2CCN(C3CC3)C2)n[nH]1. The average Bonchev–Trinajstić information content (AvgIpc) is 2.96. The van der Waals surface area contributed by atoms with Crippen molar-refractivity contribution in [1.82, 2.24) is 25.4 Å². The number of rotatable bonds is 5. The first-order chi connectivity index (χ1) is 9.26. The number of aromatic amines is 1. The van der Waals surface area contributed by atoms with Crippen LogP contribution in [0.3, 0.4) is 0 Å². The summed E-state index contributed by atoms with van der Waals surface area (Å²) >= 11 is 0. The van der Waals surface area contributed by atoms with E-state index in [1.165, 1.54) is 12.8 Å². The van der Waals surface area contributed by atoms with Gasteiger partial charge in [0, 0.05) is 31.6 Å². The normalized spacial score (nSPS) is 23.7. The van der Waals surface area contributed by atoms with Crippen molar-refractivity contribution in [2.75, 3.05) is 13.1 Å². The molecule has 2 N–H and O–H groups in total. The maximum absolute atomic E-state index is 12.0. The smallest absolute Gasteiger partial charge is 0.291 e. The molecule has 6 heteroatoms. The summed E-state index contributed by atoms with van der Waals surface area (Å²) in [5.74, 6) is 0.910. The molecule has 2 fully saturated rings. The lowest BCUT2D eigenvalue weighted by molar-refractivity contribution is 0.0927. The van der Waals surface area contributed by atoms with Crippen molar-refractivity contribution < 1.29 is 4.79 Å². The lowest BCUT2D eigenvalue weighted by Gasteiger charge is -2.14. The Morgan fingerprint density at radius 3 is 3.05 bits per heavy atom. The van der Waals surface area contributed by atoms with Crippen LogP contribution in [0.1, 0.15) is 49.1 Å². The topological polar surface area (TPSA) is 73.9 Å². The van der Waals surface area contributed by atoms with Gasteiger partial charge in [-0.2, -0.15) is 0 Å². The molecule has 0 spiro atoms. The number of likely N-dealkylation sites (tertiary alicyclic amines) is 1. The van der Waals surface area contributed by atoms with E-state index in [-0.39, 0.29) is 17.8 Å². The van der Waals surface area contributed by atoms with E-state index in [1.54, 1.807) is 0 Å². The second-order valence-electron chi connectivity index (χ2n) is 5.54. The summed E-state index contributed by atoms with van der Waals surface area (Å²) in [5.41, 5.74) is 0. The van der Waals surface area contributed by atoms with Crippen molar-refractivity contribution in [3.05, 3.63) is 11.6 Å². The number of aromatic nitrogens is 3. The minimum absolute atomic E-state index is 0.152. The van der Waals surface area contributed by atoms with E-state index >= 15 is 0 Å². The van der Waals surface area contributed by atoms with Gasteiger partial charge in [-0.15, -0.1) is 5.10 Å². The third kappa shape index (κ3) is 2.94. The van der Waals surface area contributed by atoms with Gasteiger partial charge < -0.3 is 5.32 Å². The minimum atomic E-state index is -0.152. The van der Waals surface area contributed by atoms with Gasteiger partial charge in [0.15, 0.2) is 0 Å². The fourth-order valence-electron chi connectivity index (χ4n) is 2.67. The van der Waals surface area contributed by atoms with Gasteiger partial charge in [0.1, 0.15) is 5.82 Å². The van der Waals surface area contributed by atoms with Gasteiger partial charge in [-0.1, -0.05) is 6.92 Å². The molecule has 1 aliphatic carbocycles. The lowest BCUT2D eigenvalue weighted by atomic mass is 10.2. The summed E-state index contributed by atoms with van der Waals surface area (Å²) < 4.78 is 0. The third-order valence-electron chi connectivity index (χ3n) is 3.84. The van der Waals surface area contributed by atoms with Gasteiger partial charge in [-0.25, -0.2) is 4.98 Å². The van der Waals surface area contributed by atoms with Crippen LogP contribution in [0.25, 0.3) is 0 Å². The van der Waals surface area contributed by atoms with E-state index < -0.39 is 0 Å². The number of carbonyl (C=O) groups excluding carboxylic acids is 1. The van der Waals surface area contributed by atoms with Crippen LogP contribution in [-0.2, 0) is 6.42 Å². The predicted molar refractivity (Wildman–Crippen MR) is 70.8 cm³/mol. The van der Waals surface area contributed by atoms with E-state index in [9.17, 15) is 4.79 Å². The van der Waals surface area contributed by atoms with Crippen LogP contribution >= 0.6 is 0 Å². The van der Waals surface area contributed by atoms with Gasteiger partial charge in [-0.3, -0.25) is 14.8 Å². The molecule has 0 aromatic carbocycles. The van der Waals surface area contributed by atoms with Crippen LogP contribution in [0, 0.1) is 0 Å². The van der Waals surface area contributed by atoms with Gasteiger partial charge in [0.2, 0.25) is 5.82 Å². The average molecular weight is 263 g/mol. The van der Waals surface area contributed by atoms with Crippen molar-refractivity contribution in [3.63, 3.8) is 0 Å². The Morgan fingerprint density at radius 2 is 2.32 bits per heavy atom. The molecule has 1 atom stereocenters. The number of nitrogens with one attached hydrogen (secondary N) is 2. The van der Waals surface area contributed by atoms with E-state index in [0.29, 0.717) is 0 Å². The summed E-state index contributed by atoms with van der Waals surface area (Å²) in [6.45, 7) is 4.15. The van der Waals surface area contributed by atoms with E-state index in [4.69, 9.17) is 0 Å². The summed E-state index contributed by atoms with van der Waals surface area (Å²) in [6.07, 6.45) is 5.51. The molecule has 1 saturated carbocycles. The Morgan fingerprint density at radius 1 is 1.47 bits per heavy atom. The summed E-state index contributed by atoms with van der Waals surface area (Å²) in [4.78, 5) is 18.7. The highest BCUT2D eigenvalue weighted by Gasteiger charge is 2.35. The molecule has 1 amide bonds. The zero-order chi connectivity index (χ0) is 13.2. The Bertz CT molecular complexity index is 454. The van der Waals surface area contributed by atoms with Gasteiger partial charge >= 0.3 is 0 Å². The molecular weight excluding hydrogens is 242 g/mol.